The van der Waals surface area contributed by atoms with Gasteiger partial charge in [-0.2, -0.15) is 5.10 Å². The van der Waals surface area contributed by atoms with Gasteiger partial charge in [-0.1, -0.05) is 0 Å². The third kappa shape index (κ3) is 4.00. The summed E-state index contributed by atoms with van der Waals surface area (Å²) in [6.45, 7) is 4.51. The second-order valence-electron chi connectivity index (χ2n) is 5.52. The monoisotopic (exact) mass is 355 g/mol. The van der Waals surface area contributed by atoms with Crippen LogP contribution in [0.4, 0.5) is 0 Å². The molecule has 0 radical (unpaired) electrons. The van der Waals surface area contributed by atoms with Crippen LogP contribution in [0.5, 0.6) is 0 Å². The fourth-order valence-electron chi connectivity index (χ4n) is 2.45. The first-order valence-corrected chi connectivity index (χ1v) is 8.68. The summed E-state index contributed by atoms with van der Waals surface area (Å²) in [6.07, 6.45) is 3.98. The Hall–Kier alpha value is -2.80. The zero-order valence-corrected chi connectivity index (χ0v) is 14.7. The number of hydrogen-bond donors (Lipinski definition) is 0. The molecule has 2 aromatic heterocycles. The van der Waals surface area contributed by atoms with E-state index in [1.165, 1.54) is 17.5 Å². The molecule has 2 heterocycles. The molecule has 3 rings (SSSR count). The second-order valence-corrected chi connectivity index (χ2v) is 6.47. The predicted octanol–water partition coefficient (Wildman–Crippen LogP) is 3.35. The molecule has 3 aromatic rings. The number of nitrogens with zero attached hydrogens (tertiary/aromatic N) is 3. The minimum atomic E-state index is -0.380. The number of thiazole rings is 1. The summed E-state index contributed by atoms with van der Waals surface area (Å²) >= 11 is 1.51. The van der Waals surface area contributed by atoms with Gasteiger partial charge < -0.3 is 4.74 Å². The van der Waals surface area contributed by atoms with Crippen molar-refractivity contribution in [2.45, 2.75) is 20.4 Å². The van der Waals surface area contributed by atoms with Gasteiger partial charge in [-0.05, 0) is 37.6 Å². The number of aldehydes is 1. The van der Waals surface area contributed by atoms with E-state index in [1.54, 1.807) is 17.8 Å². The van der Waals surface area contributed by atoms with Crippen molar-refractivity contribution in [3.05, 3.63) is 57.7 Å². The number of aromatic nitrogens is 3. The van der Waals surface area contributed by atoms with E-state index in [-0.39, 0.29) is 5.97 Å². The third-order valence-corrected chi connectivity index (χ3v) is 4.36. The van der Waals surface area contributed by atoms with Gasteiger partial charge in [-0.25, -0.2) is 9.78 Å². The first-order valence-electron chi connectivity index (χ1n) is 7.80. The van der Waals surface area contributed by atoms with Crippen molar-refractivity contribution in [1.82, 2.24) is 14.8 Å². The summed E-state index contributed by atoms with van der Waals surface area (Å²) in [7, 11) is 0. The Morgan fingerprint density at radius 1 is 1.36 bits per heavy atom. The van der Waals surface area contributed by atoms with E-state index in [0.29, 0.717) is 24.3 Å². The Morgan fingerprint density at radius 3 is 2.96 bits per heavy atom. The number of benzene rings is 1. The fraction of sp³-hybridized carbons (Fsp3) is 0.222. The van der Waals surface area contributed by atoms with Gasteiger partial charge in [0, 0.05) is 22.7 Å². The lowest BCUT2D eigenvalue weighted by molar-refractivity contribution is 0.0526. The lowest BCUT2D eigenvalue weighted by Gasteiger charge is -2.01. The molecule has 0 aliphatic heterocycles. The van der Waals surface area contributed by atoms with Gasteiger partial charge in [0.1, 0.15) is 11.3 Å². The largest absolute Gasteiger partial charge is 0.462 e. The number of aryl methyl sites for hydroxylation is 1. The third-order valence-electron chi connectivity index (χ3n) is 3.52. The van der Waals surface area contributed by atoms with Gasteiger partial charge >= 0.3 is 5.97 Å². The topological polar surface area (TPSA) is 74.1 Å². The second kappa shape index (κ2) is 7.40. The number of esters is 1. The SMILES string of the molecule is CCOC(=O)c1cnn(Cc2nc(-c3cc(C)cc(C=O)c3)cs2)c1. The van der Waals surface area contributed by atoms with Gasteiger partial charge in [0.25, 0.3) is 0 Å². The van der Waals surface area contributed by atoms with Crippen molar-refractivity contribution in [3.8, 4) is 11.3 Å². The van der Waals surface area contributed by atoms with Crippen LogP contribution < -0.4 is 0 Å². The van der Waals surface area contributed by atoms with Crippen molar-refractivity contribution in [1.29, 1.82) is 0 Å². The zero-order valence-electron chi connectivity index (χ0n) is 13.9. The summed E-state index contributed by atoms with van der Waals surface area (Å²) in [5.41, 5.74) is 3.81. The highest BCUT2D eigenvalue weighted by Crippen LogP contribution is 2.24. The van der Waals surface area contributed by atoms with E-state index in [2.05, 4.69) is 10.1 Å². The Morgan fingerprint density at radius 2 is 2.20 bits per heavy atom. The molecular formula is C18H17N3O3S. The van der Waals surface area contributed by atoms with Crippen LogP contribution in [0.1, 0.15) is 38.2 Å². The number of ether oxygens (including phenoxy) is 1. The van der Waals surface area contributed by atoms with Gasteiger partial charge in [0.15, 0.2) is 0 Å². The first kappa shape index (κ1) is 17.0. The standard InChI is InChI=1S/C18H17N3O3S/c1-3-24-18(23)15-7-19-21(8-15)9-17-20-16(11-25-17)14-5-12(2)4-13(6-14)10-22/h4-8,10-11H,3,9H2,1-2H3. The summed E-state index contributed by atoms with van der Waals surface area (Å²) in [4.78, 5) is 27.3. The van der Waals surface area contributed by atoms with Gasteiger partial charge in [0.2, 0.25) is 0 Å². The molecule has 0 saturated heterocycles. The Bertz CT molecular complexity index is 914. The summed E-state index contributed by atoms with van der Waals surface area (Å²) < 4.78 is 6.61. The van der Waals surface area contributed by atoms with E-state index in [0.717, 1.165) is 28.1 Å². The summed E-state index contributed by atoms with van der Waals surface area (Å²) in [5.74, 6) is -0.380. The van der Waals surface area contributed by atoms with E-state index in [1.807, 2.05) is 30.5 Å². The maximum atomic E-state index is 11.7. The fourth-order valence-corrected chi connectivity index (χ4v) is 3.25. The van der Waals surface area contributed by atoms with Crippen LogP contribution in [0.25, 0.3) is 11.3 Å². The molecule has 0 aliphatic carbocycles. The van der Waals surface area contributed by atoms with Crippen molar-refractivity contribution in [3.63, 3.8) is 0 Å². The van der Waals surface area contributed by atoms with Crippen LogP contribution in [0.15, 0.2) is 36.0 Å². The molecule has 6 nitrogen and oxygen atoms in total. The molecule has 1 aromatic carbocycles. The van der Waals surface area contributed by atoms with E-state index >= 15 is 0 Å². The molecule has 7 heteroatoms. The smallest absolute Gasteiger partial charge is 0.341 e. The maximum Gasteiger partial charge on any atom is 0.341 e. The highest BCUT2D eigenvalue weighted by Gasteiger charge is 2.11. The molecule has 128 valence electrons. The highest BCUT2D eigenvalue weighted by atomic mass is 32.1. The van der Waals surface area contributed by atoms with Crippen LogP contribution in [0.3, 0.4) is 0 Å². The predicted molar refractivity (Wildman–Crippen MR) is 95.0 cm³/mol. The van der Waals surface area contributed by atoms with Crippen molar-refractivity contribution >= 4 is 23.6 Å². The number of hydrogen-bond acceptors (Lipinski definition) is 6. The number of rotatable bonds is 6. The van der Waals surface area contributed by atoms with Crippen molar-refractivity contribution in [2.75, 3.05) is 6.61 Å². The molecule has 0 saturated carbocycles. The van der Waals surface area contributed by atoms with E-state index < -0.39 is 0 Å². The lowest BCUT2D eigenvalue weighted by Crippen LogP contribution is -2.04. The molecule has 0 spiro atoms. The number of carbonyl (C=O) groups is 2. The molecule has 0 fully saturated rings. The van der Waals surface area contributed by atoms with Gasteiger partial charge in [0.05, 0.1) is 30.6 Å². The normalized spacial score (nSPS) is 10.6. The first-order chi connectivity index (χ1) is 12.1. The van der Waals surface area contributed by atoms with Gasteiger partial charge in [-0.3, -0.25) is 9.48 Å². The lowest BCUT2D eigenvalue weighted by atomic mass is 10.1. The summed E-state index contributed by atoms with van der Waals surface area (Å²) in [5, 5.41) is 6.99. The molecule has 0 atom stereocenters. The van der Waals surface area contributed by atoms with Crippen LogP contribution in [-0.2, 0) is 11.3 Å². The molecule has 0 unspecified atom stereocenters. The average Bonchev–Trinajstić information content (AvgIpc) is 3.24. The van der Waals surface area contributed by atoms with Crippen molar-refractivity contribution in [2.24, 2.45) is 0 Å². The van der Waals surface area contributed by atoms with Crippen LogP contribution >= 0.6 is 11.3 Å². The molecule has 0 amide bonds. The molecular weight excluding hydrogens is 338 g/mol. The molecule has 25 heavy (non-hydrogen) atoms. The maximum absolute atomic E-state index is 11.7. The molecule has 0 bridgehead atoms. The Labute approximate surface area is 149 Å². The minimum Gasteiger partial charge on any atom is -0.462 e. The summed E-state index contributed by atoms with van der Waals surface area (Å²) in [6, 6.07) is 5.66. The number of carbonyl (C=O) groups excluding carboxylic acids is 2. The Kier molecular flexibility index (Phi) is 5.04. The minimum absolute atomic E-state index is 0.332. The van der Waals surface area contributed by atoms with Crippen LogP contribution in [0, 0.1) is 6.92 Å². The average molecular weight is 355 g/mol. The Balaban J connectivity index is 1.77. The zero-order chi connectivity index (χ0) is 17.8. The van der Waals surface area contributed by atoms with E-state index in [4.69, 9.17) is 4.74 Å². The van der Waals surface area contributed by atoms with Gasteiger partial charge in [-0.15, -0.1) is 11.3 Å². The van der Waals surface area contributed by atoms with Crippen LogP contribution in [0.2, 0.25) is 0 Å². The van der Waals surface area contributed by atoms with Crippen LogP contribution in [-0.4, -0.2) is 33.6 Å². The molecule has 0 N–H and O–H groups in total. The van der Waals surface area contributed by atoms with Crippen molar-refractivity contribution < 1.29 is 14.3 Å². The highest BCUT2D eigenvalue weighted by molar-refractivity contribution is 7.09. The quantitative estimate of drug-likeness (QED) is 0.501. The molecule has 0 aliphatic rings. The van der Waals surface area contributed by atoms with E-state index in [9.17, 15) is 9.59 Å².